The average molecular weight is 343 g/mol. The number of thiazole rings is 1. The molecule has 22 heavy (non-hydrogen) atoms. The second kappa shape index (κ2) is 7.44. The molecule has 0 aliphatic rings. The molecule has 3 N–H and O–H groups in total. The zero-order chi connectivity index (χ0) is 16.1. The van der Waals surface area contributed by atoms with Crippen LogP contribution < -0.4 is 15.2 Å². The highest BCUT2D eigenvalue weighted by molar-refractivity contribution is 7.15. The van der Waals surface area contributed by atoms with E-state index in [1.165, 1.54) is 18.4 Å². The van der Waals surface area contributed by atoms with Gasteiger partial charge in [0, 0.05) is 12.2 Å². The highest BCUT2D eigenvalue weighted by Gasteiger charge is 2.14. The van der Waals surface area contributed by atoms with E-state index in [0.717, 1.165) is 4.88 Å². The van der Waals surface area contributed by atoms with Crippen LogP contribution in [0.2, 0.25) is 4.47 Å². The molecule has 0 amide bonds. The average Bonchev–Trinajstić information content (AvgIpc) is 2.89. The predicted octanol–water partition coefficient (Wildman–Crippen LogP) is 2.86. The number of rotatable bonds is 7. The van der Waals surface area contributed by atoms with Gasteiger partial charge in [-0.2, -0.15) is 0 Å². The van der Waals surface area contributed by atoms with Gasteiger partial charge in [-0.25, -0.2) is 4.98 Å². The molecule has 6 nitrogen and oxygen atoms in total. The molecule has 0 fully saturated rings. The molecule has 1 aromatic carbocycles. The van der Waals surface area contributed by atoms with Crippen LogP contribution in [-0.2, 0) is 11.4 Å². The van der Waals surface area contributed by atoms with E-state index in [-0.39, 0.29) is 6.42 Å². The number of aliphatic carboxylic acids is 1. The van der Waals surface area contributed by atoms with Gasteiger partial charge < -0.3 is 20.3 Å². The Bertz CT molecular complexity index is 662. The van der Waals surface area contributed by atoms with E-state index in [1.807, 2.05) is 0 Å². The summed E-state index contributed by atoms with van der Waals surface area (Å²) < 4.78 is 11.4. The highest BCUT2D eigenvalue weighted by atomic mass is 35.5. The number of hydrogen-bond donors (Lipinski definition) is 2. The number of carbonyl (C=O) groups is 1. The molecular weight excluding hydrogens is 328 g/mol. The van der Waals surface area contributed by atoms with Crippen molar-refractivity contribution in [3.8, 4) is 11.5 Å². The normalized spacial score (nSPS) is 12.0. The van der Waals surface area contributed by atoms with E-state index >= 15 is 0 Å². The Morgan fingerprint density at radius 3 is 2.86 bits per heavy atom. The molecule has 0 bridgehead atoms. The maximum Gasteiger partial charge on any atom is 0.305 e. The number of carboxylic acids is 1. The van der Waals surface area contributed by atoms with E-state index in [2.05, 4.69) is 4.98 Å². The van der Waals surface area contributed by atoms with Crippen LogP contribution in [0, 0.1) is 0 Å². The molecular formula is C14H15ClN2O4S. The Labute approximate surface area is 136 Å². The van der Waals surface area contributed by atoms with Crippen molar-refractivity contribution in [2.24, 2.45) is 5.73 Å². The second-order valence-corrected chi connectivity index (χ2v) is 6.18. The minimum atomic E-state index is -0.950. The van der Waals surface area contributed by atoms with Gasteiger partial charge in [0.25, 0.3) is 0 Å². The van der Waals surface area contributed by atoms with Crippen LogP contribution >= 0.6 is 22.9 Å². The third-order valence-corrected chi connectivity index (χ3v) is 3.99. The second-order valence-electron chi connectivity index (χ2n) is 4.48. The number of halogens is 1. The zero-order valence-corrected chi connectivity index (χ0v) is 13.4. The first-order valence-electron chi connectivity index (χ1n) is 6.38. The van der Waals surface area contributed by atoms with Crippen LogP contribution in [0.4, 0.5) is 0 Å². The zero-order valence-electron chi connectivity index (χ0n) is 11.8. The van der Waals surface area contributed by atoms with Crippen molar-refractivity contribution in [1.82, 2.24) is 4.98 Å². The molecule has 0 spiro atoms. The summed E-state index contributed by atoms with van der Waals surface area (Å²) in [6.07, 6.45) is 1.50. The van der Waals surface area contributed by atoms with Crippen LogP contribution in [0.5, 0.6) is 11.5 Å². The molecule has 0 aliphatic heterocycles. The van der Waals surface area contributed by atoms with Crippen LogP contribution in [0.15, 0.2) is 24.4 Å². The number of hydrogen-bond acceptors (Lipinski definition) is 6. The van der Waals surface area contributed by atoms with Gasteiger partial charge in [-0.3, -0.25) is 4.79 Å². The van der Waals surface area contributed by atoms with Crippen molar-refractivity contribution in [3.63, 3.8) is 0 Å². The maximum atomic E-state index is 10.7. The Morgan fingerprint density at radius 2 is 2.27 bits per heavy atom. The standard InChI is InChI=1S/C14H15ClN2O4S/c1-20-12-4-8(10(16)5-13(18)19)2-3-11(12)21-7-9-6-17-14(15)22-9/h2-4,6,10H,5,7,16H2,1H3,(H,18,19). The maximum absolute atomic E-state index is 10.7. The lowest BCUT2D eigenvalue weighted by atomic mass is 10.0. The molecule has 2 aromatic rings. The van der Waals surface area contributed by atoms with Gasteiger partial charge >= 0.3 is 5.97 Å². The topological polar surface area (TPSA) is 94.7 Å². The lowest BCUT2D eigenvalue weighted by molar-refractivity contribution is -0.137. The quantitative estimate of drug-likeness (QED) is 0.803. The third-order valence-electron chi connectivity index (χ3n) is 2.91. The smallest absolute Gasteiger partial charge is 0.305 e. The van der Waals surface area contributed by atoms with Crippen LogP contribution in [-0.4, -0.2) is 23.2 Å². The van der Waals surface area contributed by atoms with E-state index in [4.69, 9.17) is 31.9 Å². The van der Waals surface area contributed by atoms with E-state index in [9.17, 15) is 4.79 Å². The largest absolute Gasteiger partial charge is 0.493 e. The molecule has 2 rings (SSSR count). The SMILES string of the molecule is COc1cc(C(N)CC(=O)O)ccc1OCc1cnc(Cl)s1. The number of carboxylic acid groups (broad SMARTS) is 1. The molecule has 8 heteroatoms. The van der Waals surface area contributed by atoms with E-state index in [0.29, 0.717) is 28.1 Å². The Balaban J connectivity index is 2.10. The fourth-order valence-electron chi connectivity index (χ4n) is 1.84. The summed E-state index contributed by atoms with van der Waals surface area (Å²) in [4.78, 5) is 15.5. The number of benzene rings is 1. The number of nitrogens with two attached hydrogens (primary N) is 1. The first kappa shape index (κ1) is 16.5. The molecule has 1 atom stereocenters. The molecule has 1 aromatic heterocycles. The molecule has 0 saturated carbocycles. The van der Waals surface area contributed by atoms with Crippen LogP contribution in [0.1, 0.15) is 22.9 Å². The van der Waals surface area contributed by atoms with Gasteiger partial charge in [0.2, 0.25) is 0 Å². The van der Waals surface area contributed by atoms with Gasteiger partial charge in [0.1, 0.15) is 6.61 Å². The number of nitrogens with zero attached hydrogens (tertiary/aromatic N) is 1. The fraction of sp³-hybridized carbons (Fsp3) is 0.286. The lowest BCUT2D eigenvalue weighted by Crippen LogP contribution is -2.15. The third kappa shape index (κ3) is 4.33. The molecule has 0 aliphatic carbocycles. The minimum Gasteiger partial charge on any atom is -0.493 e. The van der Waals surface area contributed by atoms with Crippen LogP contribution in [0.3, 0.4) is 0 Å². The van der Waals surface area contributed by atoms with Crippen molar-refractivity contribution >= 4 is 28.9 Å². The first-order chi connectivity index (χ1) is 10.5. The lowest BCUT2D eigenvalue weighted by Gasteiger charge is -2.14. The van der Waals surface area contributed by atoms with Gasteiger partial charge in [0.05, 0.1) is 18.4 Å². The van der Waals surface area contributed by atoms with Crippen molar-refractivity contribution in [2.75, 3.05) is 7.11 Å². The van der Waals surface area contributed by atoms with Gasteiger partial charge in [-0.05, 0) is 17.7 Å². The fourth-order valence-corrected chi connectivity index (χ4v) is 2.73. The number of ether oxygens (including phenoxy) is 2. The molecule has 0 radical (unpaired) electrons. The Kier molecular flexibility index (Phi) is 5.59. The van der Waals surface area contributed by atoms with Crippen LogP contribution in [0.25, 0.3) is 0 Å². The summed E-state index contributed by atoms with van der Waals surface area (Å²) in [6.45, 7) is 0.321. The number of aromatic nitrogens is 1. The van der Waals surface area contributed by atoms with Gasteiger partial charge in [-0.15, -0.1) is 11.3 Å². The Morgan fingerprint density at radius 1 is 1.50 bits per heavy atom. The number of methoxy groups -OCH3 is 1. The summed E-state index contributed by atoms with van der Waals surface area (Å²) in [5.74, 6) is 0.0844. The van der Waals surface area contributed by atoms with Crippen molar-refractivity contribution in [3.05, 3.63) is 39.3 Å². The van der Waals surface area contributed by atoms with Gasteiger partial charge in [-0.1, -0.05) is 17.7 Å². The minimum absolute atomic E-state index is 0.150. The highest BCUT2D eigenvalue weighted by Crippen LogP contribution is 2.31. The monoisotopic (exact) mass is 342 g/mol. The summed E-state index contributed by atoms with van der Waals surface area (Å²) in [5.41, 5.74) is 6.51. The van der Waals surface area contributed by atoms with Crippen molar-refractivity contribution in [2.45, 2.75) is 19.1 Å². The summed E-state index contributed by atoms with van der Waals surface area (Å²) in [7, 11) is 1.51. The summed E-state index contributed by atoms with van der Waals surface area (Å²) in [5, 5.41) is 8.79. The first-order valence-corrected chi connectivity index (χ1v) is 7.57. The Hall–Kier alpha value is -1.83. The molecule has 118 valence electrons. The van der Waals surface area contributed by atoms with E-state index in [1.54, 1.807) is 24.4 Å². The van der Waals surface area contributed by atoms with Crippen molar-refractivity contribution < 1.29 is 19.4 Å². The van der Waals surface area contributed by atoms with Gasteiger partial charge in [0.15, 0.2) is 16.0 Å². The van der Waals surface area contributed by atoms with Crippen molar-refractivity contribution in [1.29, 1.82) is 0 Å². The molecule has 1 unspecified atom stereocenters. The molecule has 1 heterocycles. The summed E-state index contributed by atoms with van der Waals surface area (Å²) >= 11 is 7.10. The summed E-state index contributed by atoms with van der Waals surface area (Å²) in [6, 6.07) is 4.52. The predicted molar refractivity (Wildman–Crippen MR) is 83.6 cm³/mol. The molecule has 0 saturated heterocycles. The van der Waals surface area contributed by atoms with E-state index < -0.39 is 12.0 Å².